The summed E-state index contributed by atoms with van der Waals surface area (Å²) in [6, 6.07) is 19.8. The number of rotatable bonds is 3. The molecule has 23 heavy (non-hydrogen) atoms. The average Bonchev–Trinajstić information content (AvgIpc) is 2.89. The van der Waals surface area contributed by atoms with Gasteiger partial charge in [0.1, 0.15) is 0 Å². The van der Waals surface area contributed by atoms with E-state index in [-0.39, 0.29) is 24.0 Å². The number of nitrogens with zero attached hydrogens (tertiary/aromatic N) is 1. The molecule has 2 aromatic carbocycles. The van der Waals surface area contributed by atoms with Crippen molar-refractivity contribution in [3.8, 4) is 0 Å². The zero-order valence-corrected chi connectivity index (χ0v) is 14.9. The van der Waals surface area contributed by atoms with Gasteiger partial charge in [0.15, 0.2) is 0 Å². The third-order valence-corrected chi connectivity index (χ3v) is 4.92. The molecule has 0 spiro atoms. The molecule has 1 heterocycles. The summed E-state index contributed by atoms with van der Waals surface area (Å²) in [5, 5.41) is 0. The molecule has 3 atom stereocenters. The first kappa shape index (κ1) is 16.0. The summed E-state index contributed by atoms with van der Waals surface area (Å²) in [5.74, 6) is -0.156. The van der Waals surface area contributed by atoms with E-state index in [0.717, 1.165) is 11.1 Å². The second-order valence-electron chi connectivity index (χ2n) is 5.80. The minimum atomic E-state index is -0.208. The maximum absolute atomic E-state index is 12.9. The second kappa shape index (κ2) is 6.69. The van der Waals surface area contributed by atoms with E-state index in [2.05, 4.69) is 15.6 Å². The third kappa shape index (κ3) is 3.10. The van der Waals surface area contributed by atoms with Crippen molar-refractivity contribution in [3.05, 3.63) is 71.8 Å². The normalized spacial score (nSPS) is 21.8. The first-order valence-corrected chi connectivity index (χ1v) is 8.59. The molecule has 3 nitrogen and oxygen atoms in total. The summed E-state index contributed by atoms with van der Waals surface area (Å²) >= 11 is 2.91. The predicted molar refractivity (Wildman–Crippen MR) is 92.2 cm³/mol. The molecule has 1 aliphatic heterocycles. The van der Waals surface area contributed by atoms with Gasteiger partial charge in [0.2, 0.25) is 0 Å². The van der Waals surface area contributed by atoms with E-state index >= 15 is 0 Å². The van der Waals surface area contributed by atoms with Gasteiger partial charge >= 0.3 is 144 Å². The van der Waals surface area contributed by atoms with Crippen LogP contribution in [0.25, 0.3) is 0 Å². The Morgan fingerprint density at radius 1 is 1.09 bits per heavy atom. The molecule has 0 radical (unpaired) electrons. The fourth-order valence-corrected chi connectivity index (χ4v) is 3.69. The first-order chi connectivity index (χ1) is 11.1. The summed E-state index contributed by atoms with van der Waals surface area (Å²) in [6.07, 6.45) is -0.139. The van der Waals surface area contributed by atoms with Crippen molar-refractivity contribution in [2.75, 3.05) is 0 Å². The van der Waals surface area contributed by atoms with Gasteiger partial charge in [-0.3, -0.25) is 0 Å². The number of benzene rings is 2. The summed E-state index contributed by atoms with van der Waals surface area (Å²) in [4.78, 5) is 14.7. The van der Waals surface area contributed by atoms with Gasteiger partial charge in [0, 0.05) is 0 Å². The van der Waals surface area contributed by atoms with Gasteiger partial charge in [-0.2, -0.15) is 0 Å². The quantitative estimate of drug-likeness (QED) is 0.776. The fraction of sp³-hybridized carbons (Fsp3) is 0.263. The number of carbonyl (C=O) groups is 1. The van der Waals surface area contributed by atoms with Crippen LogP contribution in [-0.2, 0) is 9.53 Å². The Balaban J connectivity index is 1.83. The zero-order valence-electron chi connectivity index (χ0n) is 13.2. The van der Waals surface area contributed by atoms with E-state index in [1.807, 2.05) is 74.5 Å². The minimum absolute atomic E-state index is 0.0488. The van der Waals surface area contributed by atoms with Crippen LogP contribution in [-0.4, -0.2) is 37.2 Å². The number of carbonyl (C=O) groups excluding carboxylic acids is 1. The van der Waals surface area contributed by atoms with E-state index in [1.165, 1.54) is 0 Å². The standard InChI is InChI=1S/C19H19NO2Se/c1-13(15-9-5-3-6-10-15)18(21)20-14(2)17(22-19(20)23)16-11-7-4-8-12-16/h3-14,17H,1-2H3/t13-,14+,17+/m0/s1. The number of amides is 1. The Labute approximate surface area is 144 Å². The van der Waals surface area contributed by atoms with Gasteiger partial charge in [-0.25, -0.2) is 0 Å². The molecule has 1 fully saturated rings. The van der Waals surface area contributed by atoms with Crippen LogP contribution in [0.1, 0.15) is 37.0 Å². The van der Waals surface area contributed by atoms with Crippen molar-refractivity contribution < 1.29 is 9.53 Å². The van der Waals surface area contributed by atoms with Gasteiger partial charge in [0.05, 0.1) is 0 Å². The molecule has 1 saturated heterocycles. The SMILES string of the molecule is C[C@H](C(=O)N1C(=[Se])O[C@@H](c2ccccc2)[C@H]1C)c1ccccc1. The molecule has 1 amide bonds. The Kier molecular flexibility index (Phi) is 4.65. The fourth-order valence-electron chi connectivity index (χ4n) is 2.94. The van der Waals surface area contributed by atoms with Crippen LogP contribution in [0.4, 0.5) is 0 Å². The summed E-state index contributed by atoms with van der Waals surface area (Å²) in [6.45, 7) is 3.96. The molecule has 0 bridgehead atoms. The number of hydrogen-bond acceptors (Lipinski definition) is 2. The number of hydrogen-bond donors (Lipinski definition) is 0. The van der Waals surface area contributed by atoms with Crippen LogP contribution in [0, 0.1) is 0 Å². The molecule has 0 N–H and O–H groups in total. The first-order valence-electron chi connectivity index (χ1n) is 7.73. The van der Waals surface area contributed by atoms with E-state index in [4.69, 9.17) is 4.74 Å². The third-order valence-electron chi connectivity index (χ3n) is 4.31. The van der Waals surface area contributed by atoms with Crippen molar-refractivity contribution in [3.63, 3.8) is 0 Å². The van der Waals surface area contributed by atoms with Crippen LogP contribution in [0.3, 0.4) is 0 Å². The Bertz CT molecular complexity index is 702. The molecule has 3 rings (SSSR count). The van der Waals surface area contributed by atoms with Crippen molar-refractivity contribution in [2.45, 2.75) is 31.9 Å². The zero-order chi connectivity index (χ0) is 16.4. The van der Waals surface area contributed by atoms with Crippen molar-refractivity contribution >= 4 is 26.2 Å². The Morgan fingerprint density at radius 3 is 2.26 bits per heavy atom. The van der Waals surface area contributed by atoms with Crippen molar-refractivity contribution in [1.82, 2.24) is 4.90 Å². The van der Waals surface area contributed by atoms with Gasteiger partial charge in [-0.15, -0.1) is 0 Å². The molecule has 118 valence electrons. The molecule has 0 aromatic heterocycles. The Hall–Kier alpha value is -1.90. The molecular weight excluding hydrogens is 353 g/mol. The summed E-state index contributed by atoms with van der Waals surface area (Å²) < 4.78 is 6.50. The maximum atomic E-state index is 12.9. The van der Waals surface area contributed by atoms with Gasteiger partial charge in [0.25, 0.3) is 0 Å². The van der Waals surface area contributed by atoms with Crippen LogP contribution in [0.15, 0.2) is 60.7 Å². The van der Waals surface area contributed by atoms with E-state index in [9.17, 15) is 4.79 Å². The molecule has 1 aliphatic rings. The number of ether oxygens (including phenoxy) is 1. The second-order valence-corrected chi connectivity index (χ2v) is 6.53. The monoisotopic (exact) mass is 373 g/mol. The molecule has 0 aliphatic carbocycles. The Morgan fingerprint density at radius 2 is 1.65 bits per heavy atom. The van der Waals surface area contributed by atoms with Gasteiger partial charge in [-0.1, -0.05) is 0 Å². The van der Waals surface area contributed by atoms with E-state index < -0.39 is 0 Å². The average molecular weight is 372 g/mol. The van der Waals surface area contributed by atoms with Crippen LogP contribution in [0.2, 0.25) is 0 Å². The summed E-state index contributed by atoms with van der Waals surface area (Å²) in [7, 11) is 0. The van der Waals surface area contributed by atoms with Crippen molar-refractivity contribution in [2.24, 2.45) is 0 Å². The van der Waals surface area contributed by atoms with Crippen LogP contribution in [0.5, 0.6) is 0 Å². The molecule has 4 heteroatoms. The molecule has 0 saturated carbocycles. The molecular formula is C19H19NO2Se. The summed E-state index contributed by atoms with van der Waals surface area (Å²) in [5.41, 5.74) is 2.09. The van der Waals surface area contributed by atoms with Crippen molar-refractivity contribution in [1.29, 1.82) is 0 Å². The molecule has 2 aromatic rings. The van der Waals surface area contributed by atoms with Crippen LogP contribution >= 0.6 is 0 Å². The van der Waals surface area contributed by atoms with Gasteiger partial charge in [-0.05, 0) is 0 Å². The topological polar surface area (TPSA) is 29.5 Å². The van der Waals surface area contributed by atoms with E-state index in [1.54, 1.807) is 4.90 Å². The van der Waals surface area contributed by atoms with Gasteiger partial charge < -0.3 is 0 Å². The van der Waals surface area contributed by atoms with E-state index in [0.29, 0.717) is 4.73 Å². The molecule has 0 unspecified atom stereocenters. The predicted octanol–water partition coefficient (Wildman–Crippen LogP) is 3.03. The van der Waals surface area contributed by atoms with Crippen LogP contribution < -0.4 is 0 Å².